The number of halogens is 2. The highest BCUT2D eigenvalue weighted by Crippen LogP contribution is 2.32. The SMILES string of the molecule is Cl.Cl.NCCC1SC=C(NC=O)N1Cc1cccnn1. The van der Waals surface area contributed by atoms with Crippen molar-refractivity contribution >= 4 is 43.0 Å². The second-order valence-electron chi connectivity index (χ2n) is 3.78. The van der Waals surface area contributed by atoms with Crippen LogP contribution in [0.4, 0.5) is 0 Å². The van der Waals surface area contributed by atoms with Gasteiger partial charge < -0.3 is 16.0 Å². The van der Waals surface area contributed by atoms with E-state index < -0.39 is 0 Å². The van der Waals surface area contributed by atoms with Crippen LogP contribution in [0.25, 0.3) is 0 Å². The zero-order valence-electron chi connectivity index (χ0n) is 10.6. The zero-order valence-corrected chi connectivity index (χ0v) is 13.1. The Bertz CT molecular complexity index is 434. The Morgan fingerprint density at radius 1 is 1.50 bits per heavy atom. The Balaban J connectivity index is 0.00000180. The van der Waals surface area contributed by atoms with Gasteiger partial charge in [-0.15, -0.1) is 36.6 Å². The quantitative estimate of drug-likeness (QED) is 0.756. The summed E-state index contributed by atoms with van der Waals surface area (Å²) in [5, 5.41) is 12.8. The Kier molecular flexibility index (Phi) is 9.32. The van der Waals surface area contributed by atoms with Gasteiger partial charge in [0.05, 0.1) is 17.6 Å². The number of nitrogens with two attached hydrogens (primary N) is 1. The number of aromatic nitrogens is 2. The van der Waals surface area contributed by atoms with E-state index in [2.05, 4.69) is 20.4 Å². The fourth-order valence-electron chi connectivity index (χ4n) is 1.76. The minimum Gasteiger partial charge on any atom is -0.339 e. The van der Waals surface area contributed by atoms with Gasteiger partial charge in [0.1, 0.15) is 5.82 Å². The molecule has 0 bridgehead atoms. The summed E-state index contributed by atoms with van der Waals surface area (Å²) in [6.45, 7) is 1.22. The number of hydrogen-bond donors (Lipinski definition) is 2. The molecule has 0 aliphatic carbocycles. The molecule has 2 heterocycles. The maximum Gasteiger partial charge on any atom is 0.212 e. The summed E-state index contributed by atoms with van der Waals surface area (Å²) in [7, 11) is 0. The number of amides is 1. The molecular weight excluding hydrogens is 321 g/mol. The molecule has 1 amide bonds. The van der Waals surface area contributed by atoms with Gasteiger partial charge in [-0.1, -0.05) is 0 Å². The molecule has 1 aliphatic rings. The summed E-state index contributed by atoms with van der Waals surface area (Å²) in [6.07, 6.45) is 3.17. The van der Waals surface area contributed by atoms with Gasteiger partial charge in [-0.25, -0.2) is 0 Å². The Morgan fingerprint density at radius 3 is 2.90 bits per heavy atom. The molecule has 0 fully saturated rings. The summed E-state index contributed by atoms with van der Waals surface area (Å²) in [5.41, 5.74) is 6.46. The molecule has 0 saturated heterocycles. The highest BCUT2D eigenvalue weighted by atomic mass is 35.5. The van der Waals surface area contributed by atoms with Crippen molar-refractivity contribution in [2.75, 3.05) is 6.54 Å². The highest BCUT2D eigenvalue weighted by molar-refractivity contribution is 8.02. The number of hydrogen-bond acceptors (Lipinski definition) is 6. The van der Waals surface area contributed by atoms with Crippen molar-refractivity contribution in [2.24, 2.45) is 5.73 Å². The molecular formula is C11H17Cl2N5OS. The van der Waals surface area contributed by atoms with Crippen LogP contribution in [-0.2, 0) is 11.3 Å². The smallest absolute Gasteiger partial charge is 0.212 e. The van der Waals surface area contributed by atoms with E-state index in [4.69, 9.17) is 5.73 Å². The lowest BCUT2D eigenvalue weighted by Crippen LogP contribution is -2.35. The van der Waals surface area contributed by atoms with E-state index >= 15 is 0 Å². The van der Waals surface area contributed by atoms with Gasteiger partial charge in [0.15, 0.2) is 0 Å². The first-order valence-corrected chi connectivity index (χ1v) is 6.58. The molecule has 0 radical (unpaired) electrons. The molecule has 1 atom stereocenters. The van der Waals surface area contributed by atoms with Gasteiger partial charge in [0, 0.05) is 11.6 Å². The van der Waals surface area contributed by atoms with Crippen LogP contribution in [0.1, 0.15) is 12.1 Å². The lowest BCUT2D eigenvalue weighted by Gasteiger charge is -2.27. The fourth-order valence-corrected chi connectivity index (χ4v) is 2.86. The number of carbonyl (C=O) groups excluding carboxylic acids is 1. The van der Waals surface area contributed by atoms with Gasteiger partial charge in [0.2, 0.25) is 6.41 Å². The first kappa shape index (κ1) is 19.0. The molecule has 0 saturated carbocycles. The minimum atomic E-state index is 0. The van der Waals surface area contributed by atoms with E-state index in [-0.39, 0.29) is 30.2 Å². The molecule has 1 aliphatic heterocycles. The van der Waals surface area contributed by atoms with Crippen LogP contribution in [-0.4, -0.2) is 33.4 Å². The van der Waals surface area contributed by atoms with Crippen molar-refractivity contribution < 1.29 is 4.79 Å². The third-order valence-electron chi connectivity index (χ3n) is 2.57. The minimum absolute atomic E-state index is 0. The van der Waals surface area contributed by atoms with Crippen LogP contribution in [0.2, 0.25) is 0 Å². The Hall–Kier alpha value is -1.02. The zero-order chi connectivity index (χ0) is 12.8. The lowest BCUT2D eigenvalue weighted by molar-refractivity contribution is -0.109. The first-order chi connectivity index (χ1) is 8.85. The van der Waals surface area contributed by atoms with Crippen molar-refractivity contribution in [3.63, 3.8) is 0 Å². The number of nitrogens with zero attached hydrogens (tertiary/aromatic N) is 3. The van der Waals surface area contributed by atoms with Crippen molar-refractivity contribution in [3.05, 3.63) is 35.3 Å². The van der Waals surface area contributed by atoms with E-state index in [0.717, 1.165) is 17.9 Å². The van der Waals surface area contributed by atoms with Gasteiger partial charge in [-0.05, 0) is 25.1 Å². The summed E-state index contributed by atoms with van der Waals surface area (Å²) in [6, 6.07) is 3.76. The first-order valence-electron chi connectivity index (χ1n) is 5.64. The number of rotatable bonds is 6. The van der Waals surface area contributed by atoms with E-state index in [1.54, 1.807) is 18.0 Å². The third-order valence-corrected chi connectivity index (χ3v) is 3.74. The molecule has 1 aromatic rings. The van der Waals surface area contributed by atoms with Crippen LogP contribution < -0.4 is 11.1 Å². The Labute approximate surface area is 134 Å². The average molecular weight is 338 g/mol. The van der Waals surface area contributed by atoms with Gasteiger partial charge in [-0.3, -0.25) is 4.79 Å². The molecule has 112 valence electrons. The van der Waals surface area contributed by atoms with Crippen molar-refractivity contribution in [1.29, 1.82) is 0 Å². The maximum absolute atomic E-state index is 10.6. The van der Waals surface area contributed by atoms with Crippen LogP contribution >= 0.6 is 36.6 Å². The van der Waals surface area contributed by atoms with Crippen LogP contribution in [0.3, 0.4) is 0 Å². The standard InChI is InChI=1S/C11H15N5OS.2ClH/c12-4-3-11-16(10(7-18-11)13-8-17)6-9-2-1-5-14-15-9;;/h1-2,5,7-8,11H,3-4,6,12H2,(H,13,17);2*1H. The average Bonchev–Trinajstić information content (AvgIpc) is 2.75. The molecule has 9 heteroatoms. The molecule has 20 heavy (non-hydrogen) atoms. The number of carbonyl (C=O) groups is 1. The van der Waals surface area contributed by atoms with Crippen LogP contribution in [0, 0.1) is 0 Å². The molecule has 1 unspecified atom stereocenters. The van der Waals surface area contributed by atoms with E-state index in [0.29, 0.717) is 19.5 Å². The molecule has 0 spiro atoms. The third kappa shape index (κ3) is 4.82. The van der Waals surface area contributed by atoms with Crippen molar-refractivity contribution in [1.82, 2.24) is 20.4 Å². The predicted octanol–water partition coefficient (Wildman–Crippen LogP) is 1.09. The second kappa shape index (κ2) is 9.82. The van der Waals surface area contributed by atoms with E-state index in [9.17, 15) is 4.79 Å². The van der Waals surface area contributed by atoms with Crippen molar-refractivity contribution in [3.8, 4) is 0 Å². The summed E-state index contributed by atoms with van der Waals surface area (Å²) in [4.78, 5) is 12.7. The highest BCUT2D eigenvalue weighted by Gasteiger charge is 2.26. The second-order valence-corrected chi connectivity index (χ2v) is 4.83. The predicted molar refractivity (Wildman–Crippen MR) is 84.4 cm³/mol. The lowest BCUT2D eigenvalue weighted by atomic mass is 10.3. The monoisotopic (exact) mass is 337 g/mol. The Morgan fingerprint density at radius 2 is 2.30 bits per heavy atom. The number of nitrogens with one attached hydrogen (secondary N) is 1. The molecule has 0 aromatic carbocycles. The molecule has 2 rings (SSSR count). The van der Waals surface area contributed by atoms with E-state index in [1.165, 1.54) is 0 Å². The van der Waals surface area contributed by atoms with Gasteiger partial charge >= 0.3 is 0 Å². The molecule has 6 nitrogen and oxygen atoms in total. The fraction of sp³-hybridized carbons (Fsp3) is 0.364. The maximum atomic E-state index is 10.6. The van der Waals surface area contributed by atoms with Crippen LogP contribution in [0.15, 0.2) is 29.6 Å². The normalized spacial score (nSPS) is 16.8. The largest absolute Gasteiger partial charge is 0.339 e. The summed E-state index contributed by atoms with van der Waals surface area (Å²) < 4.78 is 0. The van der Waals surface area contributed by atoms with Crippen LogP contribution in [0.5, 0.6) is 0 Å². The van der Waals surface area contributed by atoms with Gasteiger partial charge in [-0.2, -0.15) is 10.2 Å². The topological polar surface area (TPSA) is 84.1 Å². The molecule has 1 aromatic heterocycles. The van der Waals surface area contributed by atoms with Crippen molar-refractivity contribution in [2.45, 2.75) is 18.3 Å². The summed E-state index contributed by atoms with van der Waals surface area (Å²) >= 11 is 1.66. The van der Waals surface area contributed by atoms with E-state index in [1.807, 2.05) is 17.5 Å². The molecule has 3 N–H and O–H groups in total. The van der Waals surface area contributed by atoms with Gasteiger partial charge in [0.25, 0.3) is 0 Å². The number of thioether (sulfide) groups is 1. The summed E-state index contributed by atoms with van der Waals surface area (Å²) in [5.74, 6) is 0.791.